The van der Waals surface area contributed by atoms with Gasteiger partial charge in [-0.25, -0.2) is 4.98 Å². The number of benzene rings is 1. The van der Waals surface area contributed by atoms with Crippen molar-refractivity contribution in [2.24, 2.45) is 4.99 Å². The third-order valence-electron chi connectivity index (χ3n) is 4.48. The molecule has 1 saturated heterocycles. The molecule has 5 nitrogen and oxygen atoms in total. The third-order valence-corrected chi connectivity index (χ3v) is 6.49. The van der Waals surface area contributed by atoms with Crippen molar-refractivity contribution in [3.63, 3.8) is 0 Å². The van der Waals surface area contributed by atoms with Crippen molar-refractivity contribution in [3.05, 3.63) is 45.4 Å². The van der Waals surface area contributed by atoms with E-state index >= 15 is 0 Å². The number of nitrogens with one attached hydrogen (secondary N) is 2. The lowest BCUT2D eigenvalue weighted by Crippen LogP contribution is -2.36. The molecule has 2 heterocycles. The lowest BCUT2D eigenvalue weighted by Gasteiger charge is -2.28. The molecule has 148 valence electrons. The highest BCUT2D eigenvalue weighted by Crippen LogP contribution is 2.20. The molecule has 0 amide bonds. The van der Waals surface area contributed by atoms with Gasteiger partial charge < -0.3 is 15.5 Å². The number of halogens is 1. The summed E-state index contributed by atoms with van der Waals surface area (Å²) in [6, 6.07) is 8.85. The molecule has 0 bridgehead atoms. The van der Waals surface area contributed by atoms with Gasteiger partial charge in [0.2, 0.25) is 0 Å². The van der Waals surface area contributed by atoms with Crippen LogP contribution in [0.2, 0.25) is 0 Å². The molecule has 1 aromatic heterocycles. The second-order valence-corrected chi connectivity index (χ2v) is 8.81. The van der Waals surface area contributed by atoms with E-state index in [1.165, 1.54) is 27.6 Å². The number of aryl methyl sites for hydroxylation is 2. The highest BCUT2D eigenvalue weighted by Gasteiger charge is 2.11. The topological polar surface area (TPSA) is 52.6 Å². The van der Waals surface area contributed by atoms with Crippen LogP contribution in [-0.4, -0.2) is 42.6 Å². The number of rotatable bonds is 5. The second kappa shape index (κ2) is 11.1. The van der Waals surface area contributed by atoms with Crippen molar-refractivity contribution in [2.45, 2.75) is 26.9 Å². The van der Waals surface area contributed by atoms with Gasteiger partial charge in [-0.15, -0.1) is 35.3 Å². The molecule has 1 aromatic carbocycles. The van der Waals surface area contributed by atoms with Crippen LogP contribution >= 0.6 is 47.1 Å². The van der Waals surface area contributed by atoms with E-state index in [1.807, 2.05) is 11.8 Å². The largest absolute Gasteiger partial charge is 0.370 e. The highest BCUT2D eigenvalue weighted by molar-refractivity contribution is 14.0. The molecular formula is C19H28IN5S2. The van der Waals surface area contributed by atoms with Crippen LogP contribution in [-0.2, 0) is 13.1 Å². The quantitative estimate of drug-likeness (QED) is 0.359. The van der Waals surface area contributed by atoms with Crippen molar-refractivity contribution in [2.75, 3.05) is 36.5 Å². The summed E-state index contributed by atoms with van der Waals surface area (Å²) in [5.41, 5.74) is 3.69. The van der Waals surface area contributed by atoms with E-state index in [4.69, 9.17) is 0 Å². The van der Waals surface area contributed by atoms with Crippen molar-refractivity contribution in [3.8, 4) is 0 Å². The minimum atomic E-state index is 0. The van der Waals surface area contributed by atoms with Crippen LogP contribution in [0.1, 0.15) is 21.1 Å². The van der Waals surface area contributed by atoms with Crippen LogP contribution in [0, 0.1) is 13.8 Å². The molecule has 27 heavy (non-hydrogen) atoms. The van der Waals surface area contributed by atoms with Gasteiger partial charge in [0.25, 0.3) is 0 Å². The van der Waals surface area contributed by atoms with E-state index in [1.54, 1.807) is 18.4 Å². The van der Waals surface area contributed by atoms with Crippen LogP contribution in [0.15, 0.2) is 29.3 Å². The lowest BCUT2D eigenvalue weighted by molar-refractivity contribution is 0.802. The maximum atomic E-state index is 4.56. The lowest BCUT2D eigenvalue weighted by atomic mass is 10.2. The average Bonchev–Trinajstić information content (AvgIpc) is 3.01. The zero-order valence-corrected chi connectivity index (χ0v) is 20.1. The van der Waals surface area contributed by atoms with Crippen LogP contribution in [0.25, 0.3) is 0 Å². The van der Waals surface area contributed by atoms with Crippen LogP contribution in [0.5, 0.6) is 0 Å². The fraction of sp³-hybridized carbons (Fsp3) is 0.474. The zero-order chi connectivity index (χ0) is 18.4. The SMILES string of the molecule is CN=C(NCc1ccc(N2CCSCC2)cc1)NCc1nc(C)c(C)s1.I. The molecule has 1 aliphatic rings. The first-order valence-corrected chi connectivity index (χ1v) is 10.9. The third kappa shape index (κ3) is 6.53. The smallest absolute Gasteiger partial charge is 0.191 e. The standard InChI is InChI=1S/C19H27N5S2.HI/c1-14-15(2)26-18(23-14)13-22-19(20-3)21-12-16-4-6-17(7-5-16)24-8-10-25-11-9-24;/h4-7H,8-13H2,1-3H3,(H2,20,21,22);1H. The molecule has 1 fully saturated rings. The molecule has 0 radical (unpaired) electrons. The summed E-state index contributed by atoms with van der Waals surface area (Å²) in [6.45, 7) is 7.91. The molecule has 1 aliphatic heterocycles. The van der Waals surface area contributed by atoms with E-state index in [9.17, 15) is 0 Å². The molecular weight excluding hydrogens is 489 g/mol. The molecule has 0 aliphatic carbocycles. The number of nitrogens with zero attached hydrogens (tertiary/aromatic N) is 3. The normalized spacial score (nSPS) is 14.6. The Labute approximate surface area is 187 Å². The predicted molar refractivity (Wildman–Crippen MR) is 130 cm³/mol. The van der Waals surface area contributed by atoms with Gasteiger partial charge in [0.05, 0.1) is 12.2 Å². The summed E-state index contributed by atoms with van der Waals surface area (Å²) >= 11 is 3.77. The average molecular weight is 518 g/mol. The first kappa shape index (κ1) is 22.3. The van der Waals surface area contributed by atoms with Gasteiger partial charge >= 0.3 is 0 Å². The maximum Gasteiger partial charge on any atom is 0.191 e. The Hall–Kier alpha value is -1.00. The number of thiazole rings is 1. The van der Waals surface area contributed by atoms with Crippen molar-refractivity contribution in [1.29, 1.82) is 0 Å². The van der Waals surface area contributed by atoms with Crippen molar-refractivity contribution in [1.82, 2.24) is 15.6 Å². The van der Waals surface area contributed by atoms with E-state index in [-0.39, 0.29) is 24.0 Å². The number of aromatic nitrogens is 1. The molecule has 0 unspecified atom stereocenters. The zero-order valence-electron chi connectivity index (χ0n) is 16.1. The predicted octanol–water partition coefficient (Wildman–Crippen LogP) is 3.80. The monoisotopic (exact) mass is 517 g/mol. The van der Waals surface area contributed by atoms with Gasteiger partial charge in [-0.05, 0) is 31.5 Å². The summed E-state index contributed by atoms with van der Waals surface area (Å²) in [4.78, 5) is 12.6. The number of aliphatic imine (C=N–C) groups is 1. The molecule has 2 N–H and O–H groups in total. The van der Waals surface area contributed by atoms with Gasteiger partial charge in [0.15, 0.2) is 5.96 Å². The minimum absolute atomic E-state index is 0. The Kier molecular flexibility index (Phi) is 9.17. The minimum Gasteiger partial charge on any atom is -0.370 e. The van der Waals surface area contributed by atoms with Crippen LogP contribution < -0.4 is 15.5 Å². The molecule has 0 spiro atoms. The Balaban J connectivity index is 0.00000261. The number of guanidine groups is 1. The number of anilines is 1. The van der Waals surface area contributed by atoms with E-state index in [0.29, 0.717) is 6.54 Å². The second-order valence-electron chi connectivity index (χ2n) is 6.29. The Morgan fingerprint density at radius 2 is 1.78 bits per heavy atom. The highest BCUT2D eigenvalue weighted by atomic mass is 127. The molecule has 2 aromatic rings. The summed E-state index contributed by atoms with van der Waals surface area (Å²) in [7, 11) is 1.80. The van der Waals surface area contributed by atoms with Gasteiger partial charge in [0.1, 0.15) is 5.01 Å². The maximum absolute atomic E-state index is 4.56. The molecule has 3 rings (SSSR count). The van der Waals surface area contributed by atoms with Crippen LogP contribution in [0.4, 0.5) is 5.69 Å². The van der Waals surface area contributed by atoms with Gasteiger partial charge in [-0.2, -0.15) is 11.8 Å². The van der Waals surface area contributed by atoms with Crippen molar-refractivity contribution >= 4 is 58.7 Å². The first-order chi connectivity index (χ1) is 12.7. The first-order valence-electron chi connectivity index (χ1n) is 8.95. The van der Waals surface area contributed by atoms with E-state index < -0.39 is 0 Å². The Morgan fingerprint density at radius 3 is 2.37 bits per heavy atom. The van der Waals surface area contributed by atoms with E-state index in [0.717, 1.165) is 36.3 Å². The summed E-state index contributed by atoms with van der Waals surface area (Å²) in [6.07, 6.45) is 0. The van der Waals surface area contributed by atoms with E-state index in [2.05, 4.69) is 63.6 Å². The number of hydrogen-bond acceptors (Lipinski definition) is 5. The molecule has 0 saturated carbocycles. The Bertz CT molecular complexity index is 720. The molecule has 0 atom stereocenters. The fourth-order valence-electron chi connectivity index (χ4n) is 2.83. The summed E-state index contributed by atoms with van der Waals surface area (Å²) in [5, 5.41) is 7.80. The van der Waals surface area contributed by atoms with Gasteiger partial charge in [-0.1, -0.05) is 12.1 Å². The van der Waals surface area contributed by atoms with Gasteiger partial charge in [-0.3, -0.25) is 4.99 Å². The number of hydrogen-bond donors (Lipinski definition) is 2. The van der Waals surface area contributed by atoms with Crippen molar-refractivity contribution < 1.29 is 0 Å². The summed E-state index contributed by atoms with van der Waals surface area (Å²) in [5.74, 6) is 3.25. The molecule has 8 heteroatoms. The van der Waals surface area contributed by atoms with Crippen LogP contribution in [0.3, 0.4) is 0 Å². The summed E-state index contributed by atoms with van der Waals surface area (Å²) < 4.78 is 0. The van der Waals surface area contributed by atoms with Gasteiger partial charge in [0, 0.05) is 48.8 Å². The fourth-order valence-corrected chi connectivity index (χ4v) is 4.60. The Morgan fingerprint density at radius 1 is 1.11 bits per heavy atom. The number of thioether (sulfide) groups is 1.